The SMILES string of the molecule is O=C(NCCN1CCCCC1)c1ccc(Nc2ccc(-c3ccc4c(c3)CNC4=O)n3ccnc23)cc1. The topological polar surface area (TPSA) is 90.8 Å². The van der Waals surface area contributed by atoms with Crippen molar-refractivity contribution in [1.29, 1.82) is 0 Å². The molecule has 0 spiro atoms. The number of nitrogens with zero attached hydrogens (tertiary/aromatic N) is 3. The van der Waals surface area contributed by atoms with E-state index >= 15 is 0 Å². The number of pyridine rings is 1. The minimum absolute atomic E-state index is 0.0187. The monoisotopic (exact) mass is 494 g/mol. The van der Waals surface area contributed by atoms with Gasteiger partial charge < -0.3 is 20.9 Å². The summed E-state index contributed by atoms with van der Waals surface area (Å²) in [6.07, 6.45) is 7.53. The van der Waals surface area contributed by atoms with E-state index in [2.05, 4.69) is 31.9 Å². The fourth-order valence-electron chi connectivity index (χ4n) is 5.21. The van der Waals surface area contributed by atoms with Crippen LogP contribution in [-0.4, -0.2) is 52.3 Å². The minimum atomic E-state index is -0.0465. The van der Waals surface area contributed by atoms with E-state index in [9.17, 15) is 9.59 Å². The Morgan fingerprint density at radius 1 is 1.00 bits per heavy atom. The number of carbonyl (C=O) groups excluding carboxylic acids is 2. The van der Waals surface area contributed by atoms with Gasteiger partial charge in [0, 0.05) is 48.8 Å². The lowest BCUT2D eigenvalue weighted by molar-refractivity contribution is 0.0943. The molecule has 0 radical (unpaired) electrons. The lowest BCUT2D eigenvalue weighted by Crippen LogP contribution is -2.37. The largest absolute Gasteiger partial charge is 0.352 e. The Bertz CT molecular complexity index is 1450. The van der Waals surface area contributed by atoms with Crippen molar-refractivity contribution in [2.75, 3.05) is 31.5 Å². The van der Waals surface area contributed by atoms with Crippen molar-refractivity contribution < 1.29 is 9.59 Å². The molecule has 0 bridgehead atoms. The van der Waals surface area contributed by atoms with Crippen LogP contribution in [-0.2, 0) is 6.54 Å². The molecule has 3 N–H and O–H groups in total. The maximum Gasteiger partial charge on any atom is 0.251 e. The summed E-state index contributed by atoms with van der Waals surface area (Å²) in [6, 6.07) is 17.5. The van der Waals surface area contributed by atoms with Crippen molar-refractivity contribution >= 4 is 28.8 Å². The zero-order valence-electron chi connectivity index (χ0n) is 20.7. The number of amides is 2. The van der Waals surface area contributed by atoms with E-state index in [-0.39, 0.29) is 11.8 Å². The van der Waals surface area contributed by atoms with Crippen LogP contribution in [0.4, 0.5) is 11.4 Å². The number of rotatable bonds is 7. The van der Waals surface area contributed by atoms with Crippen molar-refractivity contribution in [3.05, 3.63) is 83.7 Å². The predicted octanol–water partition coefficient (Wildman–Crippen LogP) is 4.20. The van der Waals surface area contributed by atoms with Crippen LogP contribution in [0, 0.1) is 0 Å². The Balaban J connectivity index is 1.14. The highest BCUT2D eigenvalue weighted by molar-refractivity contribution is 5.99. The van der Waals surface area contributed by atoms with E-state index in [0.29, 0.717) is 18.7 Å². The highest BCUT2D eigenvalue weighted by Crippen LogP contribution is 2.29. The highest BCUT2D eigenvalue weighted by atomic mass is 16.2. The summed E-state index contributed by atoms with van der Waals surface area (Å²) in [5.41, 5.74) is 6.96. The molecule has 8 nitrogen and oxygen atoms in total. The lowest BCUT2D eigenvalue weighted by atomic mass is 10.0. The van der Waals surface area contributed by atoms with Crippen molar-refractivity contribution in [3.8, 4) is 11.3 Å². The van der Waals surface area contributed by atoms with E-state index in [1.807, 2.05) is 59.1 Å². The number of nitrogens with one attached hydrogen (secondary N) is 3. The lowest BCUT2D eigenvalue weighted by Gasteiger charge is -2.26. The van der Waals surface area contributed by atoms with Crippen LogP contribution in [0.15, 0.2) is 67.0 Å². The van der Waals surface area contributed by atoms with Gasteiger partial charge in [-0.25, -0.2) is 4.98 Å². The minimum Gasteiger partial charge on any atom is -0.352 e. The third kappa shape index (κ3) is 4.80. The summed E-state index contributed by atoms with van der Waals surface area (Å²) in [7, 11) is 0. The number of imidazole rings is 1. The van der Waals surface area contributed by atoms with Crippen LogP contribution in [0.2, 0.25) is 0 Å². The molecule has 37 heavy (non-hydrogen) atoms. The molecule has 0 unspecified atom stereocenters. The molecule has 1 fully saturated rings. The van der Waals surface area contributed by atoms with Gasteiger partial charge in [0.25, 0.3) is 11.8 Å². The van der Waals surface area contributed by atoms with Crippen molar-refractivity contribution in [1.82, 2.24) is 24.9 Å². The number of hydrogen-bond donors (Lipinski definition) is 3. The number of piperidine rings is 1. The van der Waals surface area contributed by atoms with Gasteiger partial charge in [-0.2, -0.15) is 0 Å². The second-order valence-electron chi connectivity index (χ2n) is 9.67. The molecule has 188 valence electrons. The predicted molar refractivity (Wildman–Crippen MR) is 144 cm³/mol. The van der Waals surface area contributed by atoms with Crippen LogP contribution in [0.25, 0.3) is 16.9 Å². The zero-order valence-corrected chi connectivity index (χ0v) is 20.7. The summed E-state index contributed by atoms with van der Waals surface area (Å²) in [4.78, 5) is 31.5. The second-order valence-corrected chi connectivity index (χ2v) is 9.67. The van der Waals surface area contributed by atoms with Crippen molar-refractivity contribution in [2.24, 2.45) is 0 Å². The first-order chi connectivity index (χ1) is 18.2. The summed E-state index contributed by atoms with van der Waals surface area (Å²) in [5.74, 6) is -0.0652. The van der Waals surface area contributed by atoms with Gasteiger partial charge in [-0.05, 0) is 85.6 Å². The maximum absolute atomic E-state index is 12.6. The Kier molecular flexibility index (Phi) is 6.32. The number of aromatic nitrogens is 2. The maximum atomic E-state index is 12.6. The smallest absolute Gasteiger partial charge is 0.251 e. The first kappa shape index (κ1) is 23.2. The third-order valence-corrected chi connectivity index (χ3v) is 7.22. The first-order valence-corrected chi connectivity index (χ1v) is 12.9. The highest BCUT2D eigenvalue weighted by Gasteiger charge is 2.20. The molecule has 0 aliphatic carbocycles. The van der Waals surface area contributed by atoms with Crippen molar-refractivity contribution in [3.63, 3.8) is 0 Å². The molecule has 2 aromatic carbocycles. The van der Waals surface area contributed by atoms with Gasteiger partial charge >= 0.3 is 0 Å². The molecule has 2 aromatic heterocycles. The standard InChI is InChI=1S/C29H30N6O2/c36-28(31-12-16-34-14-2-1-3-15-34)20-4-7-23(8-5-20)33-25-10-11-26(35-17-13-30-27(25)35)21-6-9-24-22(18-21)19-32-29(24)37/h4-11,13,17-18,33H,1-3,12,14-16,19H2,(H,31,36)(H,32,37). The number of fused-ring (bicyclic) bond motifs is 2. The first-order valence-electron chi connectivity index (χ1n) is 12.9. The molecule has 1 saturated heterocycles. The molecule has 2 aliphatic rings. The van der Waals surface area contributed by atoms with Crippen LogP contribution in [0.3, 0.4) is 0 Å². The van der Waals surface area contributed by atoms with E-state index in [1.165, 1.54) is 19.3 Å². The summed E-state index contributed by atoms with van der Waals surface area (Å²) < 4.78 is 2.04. The second kappa shape index (κ2) is 10.1. The van der Waals surface area contributed by atoms with Crippen LogP contribution in [0.1, 0.15) is 45.5 Å². The average molecular weight is 495 g/mol. The molecule has 2 aliphatic heterocycles. The molecule has 0 saturated carbocycles. The normalized spacial score (nSPS) is 15.4. The van der Waals surface area contributed by atoms with E-state index in [1.54, 1.807) is 6.20 Å². The van der Waals surface area contributed by atoms with Gasteiger partial charge in [-0.3, -0.25) is 14.0 Å². The number of hydrogen-bond acceptors (Lipinski definition) is 5. The van der Waals surface area contributed by atoms with Gasteiger partial charge in [0.2, 0.25) is 0 Å². The Morgan fingerprint density at radius 3 is 2.68 bits per heavy atom. The summed E-state index contributed by atoms with van der Waals surface area (Å²) in [5, 5.41) is 9.35. The number of carbonyl (C=O) groups is 2. The van der Waals surface area contributed by atoms with Crippen LogP contribution >= 0.6 is 0 Å². The van der Waals surface area contributed by atoms with Gasteiger partial charge in [0.1, 0.15) is 0 Å². The van der Waals surface area contributed by atoms with E-state index in [0.717, 1.165) is 59.0 Å². The fraction of sp³-hybridized carbons (Fsp3) is 0.276. The molecular weight excluding hydrogens is 464 g/mol. The van der Waals surface area contributed by atoms with Gasteiger partial charge in [0.05, 0.1) is 11.4 Å². The molecule has 8 heteroatoms. The molecule has 6 rings (SSSR count). The van der Waals surface area contributed by atoms with E-state index < -0.39 is 0 Å². The molecule has 4 aromatic rings. The van der Waals surface area contributed by atoms with Crippen LogP contribution < -0.4 is 16.0 Å². The van der Waals surface area contributed by atoms with Gasteiger partial charge in [-0.1, -0.05) is 12.5 Å². The molecule has 0 atom stereocenters. The average Bonchev–Trinajstić information content (AvgIpc) is 3.57. The molecule has 2 amide bonds. The Hall–Kier alpha value is -4.17. The molecule has 4 heterocycles. The zero-order chi connectivity index (χ0) is 25.2. The fourth-order valence-corrected chi connectivity index (χ4v) is 5.21. The molecular formula is C29H30N6O2. The summed E-state index contributed by atoms with van der Waals surface area (Å²) >= 11 is 0. The summed E-state index contributed by atoms with van der Waals surface area (Å²) in [6.45, 7) is 4.39. The number of anilines is 2. The van der Waals surface area contributed by atoms with Crippen molar-refractivity contribution in [2.45, 2.75) is 25.8 Å². The van der Waals surface area contributed by atoms with E-state index in [4.69, 9.17) is 0 Å². The quantitative estimate of drug-likeness (QED) is 0.358. The Morgan fingerprint density at radius 2 is 1.84 bits per heavy atom. The number of benzene rings is 2. The van der Waals surface area contributed by atoms with Gasteiger partial charge in [0.15, 0.2) is 5.65 Å². The van der Waals surface area contributed by atoms with Crippen LogP contribution in [0.5, 0.6) is 0 Å². The number of likely N-dealkylation sites (tertiary alicyclic amines) is 1. The Labute approximate surface area is 215 Å². The van der Waals surface area contributed by atoms with Gasteiger partial charge in [-0.15, -0.1) is 0 Å². The third-order valence-electron chi connectivity index (χ3n) is 7.22.